The van der Waals surface area contributed by atoms with Gasteiger partial charge >= 0.3 is 6.09 Å². The lowest BCUT2D eigenvalue weighted by Crippen LogP contribution is -2.48. The molecule has 2 saturated heterocycles. The second kappa shape index (κ2) is 8.40. The molecule has 2 bridgehead atoms. The number of ketones is 1. The molecule has 4 nitrogen and oxygen atoms in total. The highest BCUT2D eigenvalue weighted by Crippen LogP contribution is 2.40. The number of benzene rings is 2. The molecule has 0 aliphatic carbocycles. The van der Waals surface area contributed by atoms with E-state index in [9.17, 15) is 9.59 Å². The van der Waals surface area contributed by atoms with Gasteiger partial charge in [0.05, 0.1) is 0 Å². The smallest absolute Gasteiger partial charge is 0.410 e. The Morgan fingerprint density at radius 2 is 1.59 bits per heavy atom. The Labute approximate surface area is 172 Å². The maximum atomic E-state index is 13.1. The first-order valence-electron chi connectivity index (χ1n) is 10.7. The zero-order valence-electron chi connectivity index (χ0n) is 17.2. The van der Waals surface area contributed by atoms with Gasteiger partial charge in [-0.1, -0.05) is 68.4 Å². The average molecular weight is 392 g/mol. The molecule has 0 spiro atoms. The number of hydrogen-bond acceptors (Lipinski definition) is 3. The number of amides is 1. The zero-order chi connectivity index (χ0) is 20.4. The molecule has 2 aromatic carbocycles. The van der Waals surface area contributed by atoms with Crippen LogP contribution in [0.2, 0.25) is 0 Å². The molecule has 1 amide bonds. The summed E-state index contributed by atoms with van der Waals surface area (Å²) in [5.41, 5.74) is 3.03. The second-order valence-corrected chi connectivity index (χ2v) is 8.64. The van der Waals surface area contributed by atoms with Gasteiger partial charge < -0.3 is 9.64 Å². The van der Waals surface area contributed by atoms with E-state index in [2.05, 4.69) is 26.0 Å². The lowest BCUT2D eigenvalue weighted by Gasteiger charge is -2.37. The Bertz CT molecular complexity index is 845. The van der Waals surface area contributed by atoms with E-state index < -0.39 is 0 Å². The van der Waals surface area contributed by atoms with Crippen LogP contribution >= 0.6 is 0 Å². The maximum Gasteiger partial charge on any atom is 0.410 e. The molecule has 2 aromatic rings. The minimum absolute atomic E-state index is 0.00410. The molecule has 0 saturated carbocycles. The van der Waals surface area contributed by atoms with Crippen LogP contribution in [0.4, 0.5) is 4.79 Å². The zero-order valence-corrected chi connectivity index (χ0v) is 17.2. The lowest BCUT2D eigenvalue weighted by molar-refractivity contribution is 0.0485. The number of nitrogens with zero attached hydrogens (tertiary/aromatic N) is 1. The van der Waals surface area contributed by atoms with Gasteiger partial charge in [-0.05, 0) is 42.7 Å². The van der Waals surface area contributed by atoms with E-state index in [-0.39, 0.29) is 29.9 Å². The molecule has 2 aliphatic rings. The van der Waals surface area contributed by atoms with Crippen molar-refractivity contribution in [1.29, 1.82) is 0 Å². The van der Waals surface area contributed by atoms with E-state index in [1.807, 2.05) is 47.4 Å². The van der Waals surface area contributed by atoms with Crippen molar-refractivity contribution in [2.75, 3.05) is 0 Å². The van der Waals surface area contributed by atoms with Crippen molar-refractivity contribution in [3.05, 3.63) is 71.3 Å². The van der Waals surface area contributed by atoms with Crippen LogP contribution in [0.1, 0.15) is 66.9 Å². The molecule has 152 valence electrons. The predicted molar refractivity (Wildman–Crippen MR) is 113 cm³/mol. The van der Waals surface area contributed by atoms with Crippen LogP contribution in [-0.4, -0.2) is 28.9 Å². The number of piperidine rings is 1. The molecule has 0 radical (unpaired) electrons. The Hall–Kier alpha value is -2.62. The Morgan fingerprint density at radius 1 is 0.966 bits per heavy atom. The van der Waals surface area contributed by atoms with Gasteiger partial charge in [-0.2, -0.15) is 0 Å². The van der Waals surface area contributed by atoms with Crippen LogP contribution in [0.5, 0.6) is 0 Å². The Balaban J connectivity index is 1.38. The van der Waals surface area contributed by atoms with Gasteiger partial charge in [0.1, 0.15) is 6.61 Å². The summed E-state index contributed by atoms with van der Waals surface area (Å²) in [5.74, 6) is 0.671. The van der Waals surface area contributed by atoms with E-state index in [0.717, 1.165) is 36.8 Å². The first kappa shape index (κ1) is 19.7. The van der Waals surface area contributed by atoms with E-state index >= 15 is 0 Å². The first-order valence-corrected chi connectivity index (χ1v) is 10.7. The van der Waals surface area contributed by atoms with Gasteiger partial charge in [-0.25, -0.2) is 4.79 Å². The summed E-state index contributed by atoms with van der Waals surface area (Å²) in [6.07, 6.45) is 3.15. The molecule has 0 N–H and O–H groups in total. The molecule has 2 aliphatic heterocycles. The number of ether oxygens (including phenoxy) is 1. The molecular formula is C25H29NO3. The monoisotopic (exact) mass is 391 g/mol. The van der Waals surface area contributed by atoms with E-state index in [0.29, 0.717) is 12.5 Å². The van der Waals surface area contributed by atoms with Crippen molar-refractivity contribution in [1.82, 2.24) is 4.90 Å². The van der Waals surface area contributed by atoms with Gasteiger partial charge in [-0.3, -0.25) is 4.79 Å². The second-order valence-electron chi connectivity index (χ2n) is 8.64. The lowest BCUT2D eigenvalue weighted by atomic mass is 9.84. The minimum atomic E-state index is -0.242. The van der Waals surface area contributed by atoms with E-state index in [1.54, 1.807) is 0 Å². The van der Waals surface area contributed by atoms with Gasteiger partial charge in [0.2, 0.25) is 0 Å². The highest BCUT2D eigenvalue weighted by atomic mass is 16.6. The molecular weight excluding hydrogens is 362 g/mol. The standard InChI is InChI=1S/C25H29NO3/c1-17(2)19-8-10-20(11-9-19)24(27)21-14-22-12-13-23(15-21)26(22)25(28)29-16-18-6-4-3-5-7-18/h3-11,17,21-23H,12-16H2,1-2H3. The first-order chi connectivity index (χ1) is 14.0. The number of fused-ring (bicyclic) bond motifs is 2. The molecule has 0 aromatic heterocycles. The quantitative estimate of drug-likeness (QED) is 0.626. The van der Waals surface area contributed by atoms with Crippen LogP contribution in [0.15, 0.2) is 54.6 Å². The summed E-state index contributed by atoms with van der Waals surface area (Å²) in [4.78, 5) is 27.6. The fourth-order valence-electron chi connectivity index (χ4n) is 4.75. The van der Waals surface area contributed by atoms with E-state index in [1.165, 1.54) is 5.56 Å². The van der Waals surface area contributed by atoms with Crippen LogP contribution in [0, 0.1) is 5.92 Å². The summed E-state index contributed by atoms with van der Waals surface area (Å²) in [5, 5.41) is 0. The van der Waals surface area contributed by atoms with Gasteiger partial charge in [-0.15, -0.1) is 0 Å². The fraction of sp³-hybridized carbons (Fsp3) is 0.440. The van der Waals surface area contributed by atoms with Crippen molar-refractivity contribution in [2.24, 2.45) is 5.92 Å². The van der Waals surface area contributed by atoms with Gasteiger partial charge in [0, 0.05) is 23.6 Å². The number of carbonyl (C=O) groups excluding carboxylic acids is 2. The van der Waals surface area contributed by atoms with Crippen LogP contribution in [0.3, 0.4) is 0 Å². The number of carbonyl (C=O) groups is 2. The third-order valence-corrected chi connectivity index (χ3v) is 6.38. The average Bonchev–Trinajstić information content (AvgIpc) is 3.01. The Kier molecular flexibility index (Phi) is 5.70. The highest BCUT2D eigenvalue weighted by Gasteiger charge is 2.45. The summed E-state index contributed by atoms with van der Waals surface area (Å²) in [6, 6.07) is 18.0. The summed E-state index contributed by atoms with van der Waals surface area (Å²) >= 11 is 0. The topological polar surface area (TPSA) is 46.6 Å². The van der Waals surface area contributed by atoms with Crippen molar-refractivity contribution < 1.29 is 14.3 Å². The predicted octanol–water partition coefficient (Wildman–Crippen LogP) is 5.57. The third-order valence-electron chi connectivity index (χ3n) is 6.38. The maximum absolute atomic E-state index is 13.1. The number of hydrogen-bond donors (Lipinski definition) is 0. The number of rotatable bonds is 5. The molecule has 2 unspecified atom stereocenters. The molecule has 2 heterocycles. The van der Waals surface area contributed by atoms with Gasteiger partial charge in [0.25, 0.3) is 0 Å². The Morgan fingerprint density at radius 3 is 2.17 bits per heavy atom. The van der Waals surface area contributed by atoms with Crippen molar-refractivity contribution in [2.45, 2.75) is 64.1 Å². The summed E-state index contributed by atoms with van der Waals surface area (Å²) in [6.45, 7) is 4.60. The fourth-order valence-corrected chi connectivity index (χ4v) is 4.75. The number of Topliss-reactive ketones (excluding diaryl/α,β-unsaturated/α-hetero) is 1. The normalized spacial score (nSPS) is 23.3. The molecule has 4 rings (SSSR count). The third kappa shape index (κ3) is 4.21. The molecule has 4 heteroatoms. The minimum Gasteiger partial charge on any atom is -0.445 e. The summed E-state index contributed by atoms with van der Waals surface area (Å²) < 4.78 is 5.57. The largest absolute Gasteiger partial charge is 0.445 e. The van der Waals surface area contributed by atoms with Crippen molar-refractivity contribution in [3.8, 4) is 0 Å². The highest BCUT2D eigenvalue weighted by molar-refractivity contribution is 5.98. The van der Waals surface area contributed by atoms with Crippen molar-refractivity contribution >= 4 is 11.9 Å². The molecule has 2 fully saturated rings. The van der Waals surface area contributed by atoms with Crippen LogP contribution in [0.25, 0.3) is 0 Å². The summed E-state index contributed by atoms with van der Waals surface area (Å²) in [7, 11) is 0. The van der Waals surface area contributed by atoms with Crippen molar-refractivity contribution in [3.63, 3.8) is 0 Å². The molecule has 2 atom stereocenters. The van der Waals surface area contributed by atoms with E-state index in [4.69, 9.17) is 4.74 Å². The van der Waals surface area contributed by atoms with Gasteiger partial charge in [0.15, 0.2) is 5.78 Å². The molecule has 29 heavy (non-hydrogen) atoms. The van der Waals surface area contributed by atoms with Crippen LogP contribution in [-0.2, 0) is 11.3 Å². The SMILES string of the molecule is CC(C)c1ccc(C(=O)C2CC3CCC(C2)N3C(=O)OCc2ccccc2)cc1. The van der Waals surface area contributed by atoms with Crippen LogP contribution < -0.4 is 0 Å².